The van der Waals surface area contributed by atoms with E-state index in [1.54, 1.807) is 31.2 Å². The average molecular weight is 217 g/mol. The van der Waals surface area contributed by atoms with Crippen LogP contribution in [-0.4, -0.2) is 12.0 Å². The number of ether oxygens (including phenoxy) is 1. The Hall–Kier alpha value is -2.19. The molecule has 1 rings (SSSR count). The molecule has 0 aromatic heterocycles. The molecule has 0 aliphatic carbocycles. The molecule has 1 aromatic rings. The van der Waals surface area contributed by atoms with Crippen LogP contribution in [0.5, 0.6) is 0 Å². The first kappa shape index (κ1) is 11.9. The first-order valence-electron chi connectivity index (χ1n) is 4.63. The number of nitrogens with zero attached hydrogens (tertiary/aromatic N) is 1. The predicted octanol–water partition coefficient (Wildman–Crippen LogP) is 2.27. The number of esters is 1. The van der Waals surface area contributed by atoms with E-state index in [1.807, 2.05) is 0 Å². The number of hydrogen-bond acceptors (Lipinski definition) is 4. The van der Waals surface area contributed by atoms with Crippen LogP contribution in [0, 0.1) is 0 Å². The molecule has 0 bridgehead atoms. The zero-order chi connectivity index (χ0) is 12.0. The molecule has 0 aliphatic heterocycles. The van der Waals surface area contributed by atoms with Gasteiger partial charge in [0.25, 0.3) is 0 Å². The third-order valence-electron chi connectivity index (χ3n) is 1.83. The molecule has 4 nitrogen and oxygen atoms in total. The summed E-state index contributed by atoms with van der Waals surface area (Å²) in [5, 5.41) is 0. The van der Waals surface area contributed by atoms with Gasteiger partial charge >= 0.3 is 5.97 Å². The molecule has 0 fully saturated rings. The number of benzene rings is 1. The fraction of sp³-hybridized carbons (Fsp3) is 0.167. The van der Waals surface area contributed by atoms with Gasteiger partial charge in [-0.2, -0.15) is 4.99 Å². The molecule has 0 N–H and O–H groups in total. The van der Waals surface area contributed by atoms with Crippen molar-refractivity contribution in [3.05, 3.63) is 42.0 Å². The number of aliphatic imine (C=N–C) groups is 1. The van der Waals surface area contributed by atoms with E-state index in [4.69, 9.17) is 4.74 Å². The number of hydrogen-bond donors (Lipinski definition) is 0. The Bertz CT molecular complexity index is 442. The van der Waals surface area contributed by atoms with Gasteiger partial charge in [-0.05, 0) is 24.6 Å². The fourth-order valence-electron chi connectivity index (χ4n) is 0.991. The predicted molar refractivity (Wildman–Crippen MR) is 58.8 cm³/mol. The van der Waals surface area contributed by atoms with Crippen LogP contribution in [0.1, 0.15) is 12.5 Å². The highest BCUT2D eigenvalue weighted by Crippen LogP contribution is 2.13. The summed E-state index contributed by atoms with van der Waals surface area (Å²) < 4.78 is 4.94. The van der Waals surface area contributed by atoms with Gasteiger partial charge in [-0.1, -0.05) is 18.7 Å². The quantitative estimate of drug-likeness (QED) is 0.336. The maximum atomic E-state index is 11.1. The number of carbonyl (C=O) groups is 1. The van der Waals surface area contributed by atoms with Gasteiger partial charge in [0.05, 0.1) is 5.69 Å². The van der Waals surface area contributed by atoms with Gasteiger partial charge in [0.2, 0.25) is 6.08 Å². The van der Waals surface area contributed by atoms with Gasteiger partial charge in [0.1, 0.15) is 6.61 Å². The Labute approximate surface area is 93.3 Å². The normalized spacial score (nSPS) is 9.06. The molecular weight excluding hydrogens is 206 g/mol. The van der Waals surface area contributed by atoms with Crippen LogP contribution in [0.15, 0.2) is 41.4 Å². The van der Waals surface area contributed by atoms with Gasteiger partial charge in [-0.15, -0.1) is 0 Å². The summed E-state index contributed by atoms with van der Waals surface area (Å²) in [5.74, 6) is -0.421. The first-order valence-corrected chi connectivity index (χ1v) is 4.63. The first-order chi connectivity index (χ1) is 7.63. The van der Waals surface area contributed by atoms with Crippen LogP contribution >= 0.6 is 0 Å². The summed E-state index contributed by atoms with van der Waals surface area (Å²) in [6.07, 6.45) is 1.45. The highest BCUT2D eigenvalue weighted by atomic mass is 16.5. The summed E-state index contributed by atoms with van der Waals surface area (Å²) in [7, 11) is 0. The van der Waals surface area contributed by atoms with Gasteiger partial charge in [0, 0.05) is 5.57 Å². The van der Waals surface area contributed by atoms with E-state index >= 15 is 0 Å². The monoisotopic (exact) mass is 217 g/mol. The van der Waals surface area contributed by atoms with Gasteiger partial charge < -0.3 is 4.74 Å². The lowest BCUT2D eigenvalue weighted by molar-refractivity contribution is -0.140. The summed E-state index contributed by atoms with van der Waals surface area (Å²) in [4.78, 5) is 24.5. The lowest BCUT2D eigenvalue weighted by Crippen LogP contribution is -2.04. The van der Waals surface area contributed by atoms with Crippen LogP contribution in [0.2, 0.25) is 0 Å². The lowest BCUT2D eigenvalue weighted by atomic mass is 10.2. The van der Waals surface area contributed by atoms with Crippen LogP contribution < -0.4 is 0 Å². The maximum Gasteiger partial charge on any atom is 0.333 e. The van der Waals surface area contributed by atoms with Crippen molar-refractivity contribution in [1.82, 2.24) is 0 Å². The third kappa shape index (κ3) is 3.52. The van der Waals surface area contributed by atoms with Crippen molar-refractivity contribution in [3.8, 4) is 0 Å². The minimum Gasteiger partial charge on any atom is -0.457 e. The van der Waals surface area contributed by atoms with E-state index in [0.29, 0.717) is 11.3 Å². The molecule has 4 heteroatoms. The van der Waals surface area contributed by atoms with Crippen LogP contribution in [0.25, 0.3) is 0 Å². The Morgan fingerprint density at radius 3 is 2.56 bits per heavy atom. The topological polar surface area (TPSA) is 55.7 Å². The van der Waals surface area contributed by atoms with Crippen LogP contribution in [0.3, 0.4) is 0 Å². The van der Waals surface area contributed by atoms with E-state index in [1.165, 1.54) is 6.08 Å². The molecular formula is C12H11NO3. The van der Waals surface area contributed by atoms with Crippen LogP contribution in [-0.2, 0) is 20.9 Å². The summed E-state index contributed by atoms with van der Waals surface area (Å²) in [5.41, 5.74) is 1.70. The summed E-state index contributed by atoms with van der Waals surface area (Å²) in [6, 6.07) is 6.74. The Balaban J connectivity index is 2.59. The van der Waals surface area contributed by atoms with Crippen molar-refractivity contribution < 1.29 is 14.3 Å². The highest BCUT2D eigenvalue weighted by Gasteiger charge is 2.03. The molecule has 0 aliphatic rings. The number of carbonyl (C=O) groups excluding carboxylic acids is 2. The van der Waals surface area contributed by atoms with Crippen molar-refractivity contribution in [1.29, 1.82) is 0 Å². The second-order valence-corrected chi connectivity index (χ2v) is 3.23. The Kier molecular flexibility index (Phi) is 4.18. The molecule has 0 atom stereocenters. The molecule has 1 aromatic carbocycles. The van der Waals surface area contributed by atoms with Gasteiger partial charge in [0.15, 0.2) is 0 Å². The van der Waals surface area contributed by atoms with E-state index < -0.39 is 5.97 Å². The summed E-state index contributed by atoms with van der Waals surface area (Å²) in [6.45, 7) is 5.24. The van der Waals surface area contributed by atoms with Crippen molar-refractivity contribution in [3.63, 3.8) is 0 Å². The highest BCUT2D eigenvalue weighted by molar-refractivity contribution is 5.86. The Morgan fingerprint density at radius 2 is 2.06 bits per heavy atom. The lowest BCUT2D eigenvalue weighted by Gasteiger charge is -2.04. The van der Waals surface area contributed by atoms with E-state index in [2.05, 4.69) is 11.6 Å². The molecule has 0 amide bonds. The van der Waals surface area contributed by atoms with E-state index in [9.17, 15) is 9.59 Å². The molecule has 16 heavy (non-hydrogen) atoms. The second-order valence-electron chi connectivity index (χ2n) is 3.23. The van der Waals surface area contributed by atoms with Gasteiger partial charge in [-0.25, -0.2) is 9.59 Å². The molecule has 0 saturated heterocycles. The largest absolute Gasteiger partial charge is 0.457 e. The minimum absolute atomic E-state index is 0.177. The van der Waals surface area contributed by atoms with E-state index in [-0.39, 0.29) is 6.61 Å². The average Bonchev–Trinajstić information content (AvgIpc) is 2.28. The second kappa shape index (κ2) is 5.63. The molecule has 82 valence electrons. The van der Waals surface area contributed by atoms with Crippen molar-refractivity contribution in [2.24, 2.45) is 4.99 Å². The zero-order valence-electron chi connectivity index (χ0n) is 8.90. The SMILES string of the molecule is C=C(C)C(=O)OCc1ccc(N=C=O)cc1. The zero-order valence-corrected chi connectivity index (χ0v) is 8.90. The molecule has 0 radical (unpaired) electrons. The standard InChI is InChI=1S/C12H11NO3/c1-9(2)12(15)16-7-10-3-5-11(6-4-10)13-8-14/h3-6H,1,7H2,2H3. The van der Waals surface area contributed by atoms with Crippen LogP contribution in [0.4, 0.5) is 5.69 Å². The molecule has 0 unspecified atom stereocenters. The fourth-order valence-corrected chi connectivity index (χ4v) is 0.991. The van der Waals surface area contributed by atoms with E-state index in [0.717, 1.165) is 5.56 Å². The smallest absolute Gasteiger partial charge is 0.333 e. The van der Waals surface area contributed by atoms with Crippen molar-refractivity contribution in [2.75, 3.05) is 0 Å². The molecule has 0 spiro atoms. The third-order valence-corrected chi connectivity index (χ3v) is 1.83. The van der Waals surface area contributed by atoms with Gasteiger partial charge in [-0.3, -0.25) is 0 Å². The number of isocyanates is 1. The number of rotatable bonds is 4. The van der Waals surface area contributed by atoms with Crippen molar-refractivity contribution in [2.45, 2.75) is 13.5 Å². The Morgan fingerprint density at radius 1 is 1.44 bits per heavy atom. The molecule has 0 saturated carbocycles. The minimum atomic E-state index is -0.421. The van der Waals surface area contributed by atoms with Crippen molar-refractivity contribution >= 4 is 17.7 Å². The molecule has 0 heterocycles. The maximum absolute atomic E-state index is 11.1. The summed E-state index contributed by atoms with van der Waals surface area (Å²) >= 11 is 0.